The molecule has 1 aromatic carbocycles. The van der Waals surface area contributed by atoms with Gasteiger partial charge in [0.05, 0.1) is 37.8 Å². The fourth-order valence-corrected chi connectivity index (χ4v) is 6.36. The number of carbonyl (C=O) groups is 2. The highest BCUT2D eigenvalue weighted by atomic mass is 19.4. The summed E-state index contributed by atoms with van der Waals surface area (Å²) >= 11 is 0. The molecule has 9 rings (SSSR count). The number of aldehydes is 1. The zero-order valence-corrected chi connectivity index (χ0v) is 33.4. The van der Waals surface area contributed by atoms with Crippen molar-refractivity contribution in [3.63, 3.8) is 0 Å². The number of benzene rings is 1. The molecule has 0 bridgehead atoms. The number of pyridine rings is 2. The molecule has 62 heavy (non-hydrogen) atoms. The van der Waals surface area contributed by atoms with Crippen LogP contribution in [-0.4, -0.2) is 90.2 Å². The Morgan fingerprint density at radius 1 is 0.823 bits per heavy atom. The highest BCUT2D eigenvalue weighted by Crippen LogP contribution is 2.32. The largest absolute Gasteiger partial charge is 0.497 e. The van der Waals surface area contributed by atoms with E-state index in [0.29, 0.717) is 58.4 Å². The van der Waals surface area contributed by atoms with Crippen molar-refractivity contribution >= 4 is 46.5 Å². The van der Waals surface area contributed by atoms with E-state index in [1.165, 1.54) is 6.33 Å². The number of aryl methyl sites for hydroxylation is 3. The fraction of sp³-hybridized carbons (Fsp3) is 0.175. The Kier molecular flexibility index (Phi) is 11.6. The number of ketones is 1. The van der Waals surface area contributed by atoms with Gasteiger partial charge in [-0.3, -0.25) is 33.3 Å². The lowest BCUT2D eigenvalue weighted by atomic mass is 10.1. The molecule has 0 spiro atoms. The maximum atomic E-state index is 13.3. The number of nitrogen functional groups attached to an aromatic ring is 2. The number of methoxy groups -OCH3 is 1. The van der Waals surface area contributed by atoms with Gasteiger partial charge in [-0.1, -0.05) is 6.07 Å². The molecule has 0 amide bonds. The molecule has 7 aromatic heterocycles. The molecule has 0 radical (unpaired) electrons. The number of aromatic nitrogens is 12. The lowest BCUT2D eigenvalue weighted by molar-refractivity contribution is -0.156. The van der Waals surface area contributed by atoms with Crippen molar-refractivity contribution in [1.29, 1.82) is 0 Å². The zero-order valence-electron chi connectivity index (χ0n) is 33.4. The minimum Gasteiger partial charge on any atom is -0.497 e. The van der Waals surface area contributed by atoms with Crippen LogP contribution in [0.2, 0.25) is 0 Å². The van der Waals surface area contributed by atoms with Crippen LogP contribution in [0, 0.1) is 6.92 Å². The van der Waals surface area contributed by atoms with Crippen molar-refractivity contribution in [3.8, 4) is 39.6 Å². The Morgan fingerprint density at radius 2 is 1.42 bits per heavy atom. The number of halogens is 3. The SMILES string of the molecule is COc1ccc(Cn2cnc3c(-n4cc(-c5cnn(C)c5)c(N)n4)nccc3c2=O)c(C)c1.Cn1cc(-c2cn(-c3nccc4c3N=CCC4=O)nc2N)cn1.O=CC(F)(F)F. The van der Waals surface area contributed by atoms with Crippen molar-refractivity contribution in [2.45, 2.75) is 26.1 Å². The Labute approximate surface area is 348 Å². The molecule has 1 aliphatic rings. The molecule has 8 aromatic rings. The highest BCUT2D eigenvalue weighted by molar-refractivity contribution is 6.10. The third kappa shape index (κ3) is 8.83. The molecule has 0 aliphatic carbocycles. The number of rotatable bonds is 7. The molecule has 0 saturated heterocycles. The van der Waals surface area contributed by atoms with Crippen LogP contribution in [0.4, 0.5) is 30.5 Å². The van der Waals surface area contributed by atoms with Crippen LogP contribution in [-0.2, 0) is 25.4 Å². The van der Waals surface area contributed by atoms with Crippen LogP contribution in [0.3, 0.4) is 0 Å². The normalized spacial score (nSPS) is 12.0. The average molecular weight is 848 g/mol. The predicted octanol–water partition coefficient (Wildman–Crippen LogP) is 4.61. The van der Waals surface area contributed by atoms with Crippen LogP contribution >= 0.6 is 0 Å². The summed E-state index contributed by atoms with van der Waals surface area (Å²) in [5.74, 6) is 2.41. The Balaban J connectivity index is 0.000000173. The number of fused-ring (bicyclic) bond motifs is 2. The van der Waals surface area contributed by atoms with E-state index in [2.05, 4.69) is 40.3 Å². The summed E-state index contributed by atoms with van der Waals surface area (Å²) in [4.78, 5) is 51.5. The van der Waals surface area contributed by atoms with Gasteiger partial charge >= 0.3 is 6.18 Å². The lowest BCUT2D eigenvalue weighted by Gasteiger charge is -2.11. The number of nitrogens with zero attached hydrogens (tertiary/aromatic N) is 13. The van der Waals surface area contributed by atoms with Crippen LogP contribution in [0.1, 0.15) is 27.9 Å². The van der Waals surface area contributed by atoms with E-state index >= 15 is 0 Å². The fourth-order valence-electron chi connectivity index (χ4n) is 6.36. The minimum absolute atomic E-state index is 0.0197. The summed E-state index contributed by atoms with van der Waals surface area (Å²) in [6.45, 7) is 2.39. The quantitative estimate of drug-likeness (QED) is 0.209. The minimum atomic E-state index is -4.64. The van der Waals surface area contributed by atoms with Crippen molar-refractivity contribution in [2.75, 3.05) is 18.6 Å². The van der Waals surface area contributed by atoms with E-state index in [9.17, 15) is 22.8 Å². The maximum absolute atomic E-state index is 13.3. The van der Waals surface area contributed by atoms with Gasteiger partial charge in [0.1, 0.15) is 17.0 Å². The number of Topliss-reactive ketones (excluding diaryl/α,β-unsaturated/α-hetero) is 1. The monoisotopic (exact) mass is 847 g/mol. The van der Waals surface area contributed by atoms with Gasteiger partial charge < -0.3 is 16.2 Å². The Bertz CT molecular complexity index is 3050. The van der Waals surface area contributed by atoms with Gasteiger partial charge in [0.15, 0.2) is 29.1 Å². The van der Waals surface area contributed by atoms with Gasteiger partial charge in [0.25, 0.3) is 5.56 Å². The lowest BCUT2D eigenvalue weighted by Crippen LogP contribution is -2.22. The van der Waals surface area contributed by atoms with Gasteiger partial charge in [-0.2, -0.15) is 23.4 Å². The second-order valence-electron chi connectivity index (χ2n) is 13.7. The highest BCUT2D eigenvalue weighted by Gasteiger charge is 2.25. The number of alkyl halides is 3. The standard InChI is InChI=1S/C23H22N8O2.C15H13N7O.C2HF3O/c1-14-8-17(33-3)5-4-15(14)11-30-13-26-20-18(23(30)32)6-7-25-22(20)31-12-19(21(24)28-31)16-9-27-29(2)10-16;1-21-7-9(6-19-21)11-8-22(20-14(11)16)15-13-10(2-4-18-15)12(23)3-5-17-13;3-2(4,5)1-6/h4-10,12-13H,11H2,1-3H3,(H2,24,28);2,4-8H,3H2,1H3,(H2,16,20);1H. The van der Waals surface area contributed by atoms with Crippen LogP contribution in [0.5, 0.6) is 5.75 Å². The molecular weight excluding hydrogens is 812 g/mol. The number of nitrogens with two attached hydrogens (primary N) is 2. The average Bonchev–Trinajstić information content (AvgIpc) is 4.06. The predicted molar refractivity (Wildman–Crippen MR) is 222 cm³/mol. The zero-order chi connectivity index (χ0) is 44.3. The molecule has 8 heterocycles. The van der Waals surface area contributed by atoms with E-state index in [1.54, 1.807) is 85.9 Å². The number of anilines is 2. The second-order valence-corrected chi connectivity index (χ2v) is 13.7. The molecule has 316 valence electrons. The van der Waals surface area contributed by atoms with Crippen molar-refractivity contribution in [3.05, 3.63) is 113 Å². The summed E-state index contributed by atoms with van der Waals surface area (Å²) in [6, 6.07) is 9.12. The Morgan fingerprint density at radius 3 is 1.98 bits per heavy atom. The molecule has 0 fully saturated rings. The molecule has 1 aliphatic heterocycles. The number of hydrogen-bond acceptors (Lipinski definition) is 14. The van der Waals surface area contributed by atoms with Gasteiger partial charge in [0.2, 0.25) is 6.29 Å². The molecule has 0 saturated carbocycles. The van der Waals surface area contributed by atoms with Crippen molar-refractivity contribution in [2.24, 2.45) is 19.1 Å². The first-order valence-electron chi connectivity index (χ1n) is 18.4. The van der Waals surface area contributed by atoms with Gasteiger partial charge in [-0.05, 0) is 42.3 Å². The summed E-state index contributed by atoms with van der Waals surface area (Å²) in [5, 5.41) is 17.5. The molecule has 19 nitrogen and oxygen atoms in total. The number of ether oxygens (including phenoxy) is 1. The molecule has 22 heteroatoms. The molecular formula is C40H36F3N15O4. The molecule has 0 atom stereocenters. The van der Waals surface area contributed by atoms with E-state index < -0.39 is 12.5 Å². The van der Waals surface area contributed by atoms with E-state index in [1.807, 2.05) is 51.6 Å². The first-order valence-corrected chi connectivity index (χ1v) is 18.4. The Hall–Kier alpha value is -8.30. The summed E-state index contributed by atoms with van der Waals surface area (Å²) in [5.41, 5.74) is 18.7. The third-order valence-electron chi connectivity index (χ3n) is 9.40. The third-order valence-corrected chi connectivity index (χ3v) is 9.40. The summed E-state index contributed by atoms with van der Waals surface area (Å²) < 4.78 is 44.6. The topological polar surface area (TPSA) is 240 Å². The van der Waals surface area contributed by atoms with E-state index in [0.717, 1.165) is 39.1 Å². The number of carbonyl (C=O) groups excluding carboxylic acids is 2. The van der Waals surface area contributed by atoms with Gasteiger partial charge in [-0.15, -0.1) is 10.2 Å². The van der Waals surface area contributed by atoms with Crippen LogP contribution in [0.25, 0.3) is 44.8 Å². The van der Waals surface area contributed by atoms with Crippen molar-refractivity contribution in [1.82, 2.24) is 58.6 Å². The van der Waals surface area contributed by atoms with Crippen LogP contribution in [0.15, 0.2) is 96.0 Å². The number of aliphatic imine (C=N–C) groups is 1. The maximum Gasteiger partial charge on any atom is 0.446 e. The number of hydrogen-bond donors (Lipinski definition) is 2. The van der Waals surface area contributed by atoms with Gasteiger partial charge in [-0.25, -0.2) is 24.3 Å². The molecule has 0 unspecified atom stereocenters. The second kappa shape index (κ2) is 17.1. The summed E-state index contributed by atoms with van der Waals surface area (Å²) in [7, 11) is 5.29. The first kappa shape index (κ1) is 41.8. The molecule has 4 N–H and O–H groups in total. The van der Waals surface area contributed by atoms with Gasteiger partial charge in [0, 0.05) is 91.7 Å². The van der Waals surface area contributed by atoms with Crippen LogP contribution < -0.4 is 21.8 Å². The first-order chi connectivity index (χ1) is 29.6. The summed E-state index contributed by atoms with van der Waals surface area (Å²) in [6.07, 6.45) is 11.6. The van der Waals surface area contributed by atoms with E-state index in [-0.39, 0.29) is 11.3 Å². The van der Waals surface area contributed by atoms with E-state index in [4.69, 9.17) is 21.0 Å². The van der Waals surface area contributed by atoms with Crippen molar-refractivity contribution < 1.29 is 27.5 Å². The smallest absolute Gasteiger partial charge is 0.446 e.